The summed E-state index contributed by atoms with van der Waals surface area (Å²) < 4.78 is 3.51. The standard InChI is InChI=1S/C29H41N3O2.2C25H40N4O2/c1-26-10-7-20-21-5-6-23(25(33)17-32-24-16-30-14-9-19(24)15-31-32)28(21,3)11-8-22(20)29(26,4)13-12-27(2,34)18-26;1-16-26-27-28-29(16)14-21(30)20-7-6-18-17-8-10-22(2)15-23(3,31)12-13-25(22,5)19(17)9-11-24(18,20)4;1-16-26-28-29(27-16)14-21(30)20-7-6-18-17-8-10-22(2)15-23(3,31)12-13-25(22,5)19(17)9-11-24(18,20)4/h9,14-16,20-23,34H,5-8,10-13,17-18H2,1-4H3;2*17-20,31H,6-15H2,1-5H3/t20-,21-,22-,23+,26+,27+,28-,29+;2*17-,18-,19-,20+,22+,23+,24-,25+/m000/s1. The van der Waals surface area contributed by atoms with Gasteiger partial charge in [0, 0.05) is 29.3 Å². The molecule has 0 amide bonds. The quantitative estimate of drug-likeness (QED) is 0.142. The Kier molecular flexibility index (Phi) is 16.9. The highest BCUT2D eigenvalue weighted by molar-refractivity contribution is 5.85. The first-order valence-electron chi connectivity index (χ1n) is 38.5. The summed E-state index contributed by atoms with van der Waals surface area (Å²) in [5, 5.41) is 62.0. The molecule has 528 valence electrons. The molecule has 4 aromatic heterocycles. The summed E-state index contributed by atoms with van der Waals surface area (Å²) >= 11 is 0. The smallest absolute Gasteiger partial charge is 0.171 e. The van der Waals surface area contributed by atoms with Crippen LogP contribution >= 0.6 is 0 Å². The first-order chi connectivity index (χ1) is 45.0. The molecular formula is C79H121N11O6. The van der Waals surface area contributed by atoms with Gasteiger partial charge in [0.05, 0.1) is 34.7 Å². The van der Waals surface area contributed by atoms with Crippen molar-refractivity contribution in [3.63, 3.8) is 0 Å². The topological polar surface area (TPSA) is 230 Å². The number of aromatic nitrogens is 11. The van der Waals surface area contributed by atoms with Crippen molar-refractivity contribution in [2.75, 3.05) is 0 Å². The predicted molar refractivity (Wildman–Crippen MR) is 369 cm³/mol. The van der Waals surface area contributed by atoms with Crippen LogP contribution < -0.4 is 0 Å². The van der Waals surface area contributed by atoms with E-state index in [2.05, 4.69) is 103 Å². The van der Waals surface area contributed by atoms with Gasteiger partial charge in [-0.3, -0.25) is 24.0 Å². The summed E-state index contributed by atoms with van der Waals surface area (Å²) in [6, 6.07) is 1.96. The van der Waals surface area contributed by atoms with Gasteiger partial charge in [-0.1, -0.05) is 62.3 Å². The Morgan fingerprint density at radius 3 is 1.24 bits per heavy atom. The van der Waals surface area contributed by atoms with Crippen LogP contribution in [0.3, 0.4) is 0 Å². The van der Waals surface area contributed by atoms with Gasteiger partial charge in [0.2, 0.25) is 0 Å². The summed E-state index contributed by atoms with van der Waals surface area (Å²) in [4.78, 5) is 46.1. The van der Waals surface area contributed by atoms with Crippen LogP contribution in [-0.4, -0.2) is 105 Å². The van der Waals surface area contributed by atoms with Crippen LogP contribution in [-0.2, 0) is 34.0 Å². The normalized spacial score (nSPS) is 48.1. The maximum atomic E-state index is 13.7. The van der Waals surface area contributed by atoms with Gasteiger partial charge in [-0.2, -0.15) is 9.90 Å². The fourth-order valence-corrected chi connectivity index (χ4v) is 28.0. The third kappa shape index (κ3) is 11.0. The zero-order valence-electron chi connectivity index (χ0n) is 61.4. The molecule has 0 aliphatic heterocycles. The van der Waals surface area contributed by atoms with Gasteiger partial charge >= 0.3 is 0 Å². The minimum absolute atomic E-state index is 0.109. The molecular weight excluding hydrogens is 1200 g/mol. The van der Waals surface area contributed by atoms with E-state index >= 15 is 0 Å². The SMILES string of the molecule is C[C@@]1(O)CC[C@]2(C)[C@H]3CC[C@]4(C)[C@@H](C(=O)Cn5ncc6ccncc65)CC[C@H]4[C@@H]3CC[C@]2(C)C1.Cc1nnn(CC(=O)[C@H]2CC[C@H]3[C@@H]4CC[C@]5(C)C[C@](C)(O)CC[C@]5(C)[C@H]4CC[C@]23C)n1.Cc1nnnn1CC(=O)[C@H]1CC[C@H]2[C@@H]3CC[C@]4(C)C[C@](C)(O)CC[C@]4(C)[C@H]3CC[C@]12C. The number of Topliss-reactive ketones (excluding diaryl/α,β-unsaturated/α-hetero) is 3. The third-order valence-corrected chi connectivity index (χ3v) is 33.6. The van der Waals surface area contributed by atoms with E-state index in [1.165, 1.54) is 88.3 Å². The van der Waals surface area contributed by atoms with Crippen LogP contribution in [0.1, 0.15) is 268 Å². The van der Waals surface area contributed by atoms with Gasteiger partial charge in [0.1, 0.15) is 25.5 Å². The van der Waals surface area contributed by atoms with Crippen molar-refractivity contribution in [2.45, 2.75) is 307 Å². The summed E-state index contributed by atoms with van der Waals surface area (Å²) in [6.07, 6.45) is 35.7. The number of carbonyl (C=O) groups is 3. The van der Waals surface area contributed by atoms with Crippen LogP contribution in [0.25, 0.3) is 10.9 Å². The van der Waals surface area contributed by atoms with Crippen LogP contribution in [0.2, 0.25) is 0 Å². The molecule has 12 fully saturated rings. The Bertz CT molecular complexity index is 3610. The van der Waals surface area contributed by atoms with E-state index in [-0.39, 0.29) is 56.8 Å². The number of rotatable bonds is 9. The van der Waals surface area contributed by atoms with Crippen molar-refractivity contribution < 1.29 is 29.7 Å². The van der Waals surface area contributed by atoms with Gasteiger partial charge in [-0.15, -0.1) is 15.3 Å². The number of hydrogen-bond donors (Lipinski definition) is 3. The van der Waals surface area contributed by atoms with Crippen LogP contribution in [0, 0.1) is 134 Å². The van der Waals surface area contributed by atoms with Crippen molar-refractivity contribution >= 4 is 28.3 Å². The molecule has 0 aromatic carbocycles. The Morgan fingerprint density at radius 1 is 0.448 bits per heavy atom. The maximum Gasteiger partial charge on any atom is 0.171 e. The van der Waals surface area contributed by atoms with Crippen molar-refractivity contribution in [2.24, 2.45) is 120 Å². The zero-order chi connectivity index (χ0) is 68.4. The Labute approximate surface area is 573 Å². The fraction of sp³-hybridized carbons (Fsp3) is 0.861. The molecule has 17 heteroatoms. The van der Waals surface area contributed by atoms with Crippen LogP contribution in [0.15, 0.2) is 24.7 Å². The van der Waals surface area contributed by atoms with Crippen molar-refractivity contribution in [3.8, 4) is 0 Å². The van der Waals surface area contributed by atoms with Gasteiger partial charge < -0.3 is 15.3 Å². The fourth-order valence-electron chi connectivity index (χ4n) is 28.0. The number of hydrogen-bond acceptors (Lipinski definition) is 14. The van der Waals surface area contributed by atoms with Crippen molar-refractivity contribution in [1.29, 1.82) is 0 Å². The van der Waals surface area contributed by atoms with Crippen molar-refractivity contribution in [1.82, 2.24) is 55.2 Å². The molecule has 12 aliphatic rings. The predicted octanol–water partition coefficient (Wildman–Crippen LogP) is 14.5. The molecule has 0 unspecified atom stereocenters. The molecule has 3 N–H and O–H groups in total. The van der Waals surface area contributed by atoms with E-state index in [1.807, 2.05) is 57.8 Å². The lowest BCUT2D eigenvalue weighted by Gasteiger charge is -2.66. The molecule has 4 heterocycles. The minimum Gasteiger partial charge on any atom is -0.390 e. The van der Waals surface area contributed by atoms with E-state index in [0.29, 0.717) is 76.1 Å². The Morgan fingerprint density at radius 2 is 0.854 bits per heavy atom. The van der Waals surface area contributed by atoms with E-state index in [4.69, 9.17) is 0 Å². The highest BCUT2D eigenvalue weighted by Gasteiger charge is 2.69. The maximum absolute atomic E-state index is 13.7. The highest BCUT2D eigenvalue weighted by atomic mass is 16.3. The van der Waals surface area contributed by atoms with Crippen molar-refractivity contribution in [3.05, 3.63) is 36.3 Å². The lowest BCUT2D eigenvalue weighted by molar-refractivity contribution is -0.189. The summed E-state index contributed by atoms with van der Waals surface area (Å²) in [6.45, 7) is 33.0. The van der Waals surface area contributed by atoms with Gasteiger partial charge in [0.25, 0.3) is 0 Å². The number of ketones is 3. The number of aryl methyl sites for hydroxylation is 2. The number of pyridine rings is 1. The number of fused-ring (bicyclic) bond motifs is 16. The van der Waals surface area contributed by atoms with Gasteiger partial charge in [-0.05, 0) is 332 Å². The first kappa shape index (κ1) is 68.8. The number of tetrazole rings is 2. The average molecular weight is 1320 g/mol. The third-order valence-electron chi connectivity index (χ3n) is 33.6. The summed E-state index contributed by atoms with van der Waals surface area (Å²) in [7, 11) is 0. The van der Waals surface area contributed by atoms with E-state index in [1.54, 1.807) is 10.9 Å². The lowest BCUT2D eigenvalue weighted by atomic mass is 9.39. The second-order valence-corrected chi connectivity index (χ2v) is 38.6. The molecule has 24 atom stereocenters. The number of carbonyl (C=O) groups excluding carboxylic acids is 3. The van der Waals surface area contributed by atoms with E-state index < -0.39 is 16.8 Å². The highest BCUT2D eigenvalue weighted by Crippen LogP contribution is 2.75. The molecule has 12 saturated carbocycles. The molecule has 12 aliphatic carbocycles. The second kappa shape index (κ2) is 23.6. The summed E-state index contributed by atoms with van der Waals surface area (Å²) in [5.41, 5.74) is 1.37. The second-order valence-electron chi connectivity index (χ2n) is 38.6. The monoisotopic (exact) mass is 1320 g/mol. The van der Waals surface area contributed by atoms with Gasteiger partial charge in [-0.25, -0.2) is 4.68 Å². The minimum atomic E-state index is -0.513. The average Bonchev–Trinajstić information content (AvgIpc) is 1.17. The number of aliphatic hydroxyl groups is 3. The Hall–Kier alpha value is -4.35. The molecule has 96 heavy (non-hydrogen) atoms. The summed E-state index contributed by atoms with van der Waals surface area (Å²) in [5.74, 6) is 9.03. The Balaban J connectivity index is 0.000000124. The molecule has 4 aromatic rings. The first-order valence-corrected chi connectivity index (χ1v) is 38.5. The van der Waals surface area contributed by atoms with Gasteiger partial charge in [0.15, 0.2) is 23.2 Å². The molecule has 0 spiro atoms. The molecule has 0 radical (unpaired) electrons. The van der Waals surface area contributed by atoms with Crippen LogP contribution in [0.5, 0.6) is 0 Å². The largest absolute Gasteiger partial charge is 0.390 e. The number of nitrogens with zero attached hydrogens (tertiary/aromatic N) is 11. The van der Waals surface area contributed by atoms with Crippen LogP contribution in [0.4, 0.5) is 0 Å². The molecule has 17 nitrogen and oxygen atoms in total. The van der Waals surface area contributed by atoms with E-state index in [0.717, 1.165) is 136 Å². The molecule has 0 bridgehead atoms. The lowest BCUT2D eigenvalue weighted by Crippen LogP contribution is -2.60. The molecule has 0 saturated heterocycles. The van der Waals surface area contributed by atoms with E-state index in [9.17, 15) is 29.7 Å². The molecule has 16 rings (SSSR count). The zero-order valence-corrected chi connectivity index (χ0v) is 61.4.